The number of hydrogen-bond donors (Lipinski definition) is 1. The molecule has 2 aliphatic rings. The lowest BCUT2D eigenvalue weighted by Gasteiger charge is -2.32. The number of benzene rings is 1. The van der Waals surface area contributed by atoms with Crippen LogP contribution in [-0.2, 0) is 4.74 Å². The molecule has 0 radical (unpaired) electrons. The summed E-state index contributed by atoms with van der Waals surface area (Å²) in [6, 6.07) is 5.40. The van der Waals surface area contributed by atoms with Crippen molar-refractivity contribution in [1.82, 2.24) is 4.90 Å². The maximum absolute atomic E-state index is 14.2. The number of rotatable bonds is 3. The summed E-state index contributed by atoms with van der Waals surface area (Å²) in [5.74, 6) is -0.240. The first-order valence-corrected chi connectivity index (χ1v) is 7.70. The van der Waals surface area contributed by atoms with E-state index in [0.29, 0.717) is 17.3 Å². The Labute approximate surface area is 125 Å². The van der Waals surface area contributed by atoms with E-state index in [9.17, 15) is 9.50 Å². The van der Waals surface area contributed by atoms with Gasteiger partial charge in [0.2, 0.25) is 0 Å². The molecule has 3 rings (SSSR count). The number of anilines is 1. The predicted octanol–water partition coefficient (Wildman–Crippen LogP) is 1.79. The standard InChI is InChI=1S/C16H23FN2O2/c1-12(20)14-3-2-4-15(17)16(14)19-6-5-13(11-19)18-7-9-21-10-8-18/h2-4,12-13,20H,5-11H2,1H3/t12-,13?/m1/s1. The smallest absolute Gasteiger partial charge is 0.146 e. The van der Waals surface area contributed by atoms with Crippen LogP contribution >= 0.6 is 0 Å². The van der Waals surface area contributed by atoms with Crippen LogP contribution in [0, 0.1) is 5.82 Å². The Morgan fingerprint density at radius 1 is 1.29 bits per heavy atom. The second-order valence-corrected chi connectivity index (χ2v) is 5.89. The normalized spacial score (nSPS) is 25.3. The number of nitrogens with zero attached hydrogens (tertiary/aromatic N) is 2. The van der Waals surface area contributed by atoms with Gasteiger partial charge in [-0.15, -0.1) is 0 Å². The summed E-state index contributed by atoms with van der Waals surface area (Å²) < 4.78 is 19.6. The van der Waals surface area contributed by atoms with Crippen molar-refractivity contribution in [3.63, 3.8) is 0 Å². The Hall–Kier alpha value is -1.17. The van der Waals surface area contributed by atoms with E-state index < -0.39 is 6.10 Å². The molecule has 1 unspecified atom stereocenters. The first-order chi connectivity index (χ1) is 10.2. The molecule has 2 atom stereocenters. The second-order valence-electron chi connectivity index (χ2n) is 5.89. The molecule has 2 aliphatic heterocycles. The van der Waals surface area contributed by atoms with Gasteiger partial charge >= 0.3 is 0 Å². The molecule has 0 aliphatic carbocycles. The summed E-state index contributed by atoms with van der Waals surface area (Å²) in [6.45, 7) is 6.83. The lowest BCUT2D eigenvalue weighted by molar-refractivity contribution is 0.0209. The molecule has 0 bridgehead atoms. The molecule has 0 saturated carbocycles. The van der Waals surface area contributed by atoms with Crippen LogP contribution in [0.25, 0.3) is 0 Å². The van der Waals surface area contributed by atoms with Gasteiger partial charge in [-0.1, -0.05) is 12.1 Å². The number of para-hydroxylation sites is 1. The Morgan fingerprint density at radius 2 is 2.05 bits per heavy atom. The molecule has 116 valence electrons. The third kappa shape index (κ3) is 3.05. The maximum atomic E-state index is 14.2. The third-order valence-electron chi connectivity index (χ3n) is 4.51. The van der Waals surface area contributed by atoms with Crippen molar-refractivity contribution in [1.29, 1.82) is 0 Å². The summed E-state index contributed by atoms with van der Waals surface area (Å²) in [5.41, 5.74) is 1.25. The molecule has 1 N–H and O–H groups in total. The monoisotopic (exact) mass is 294 g/mol. The third-order valence-corrected chi connectivity index (χ3v) is 4.51. The van der Waals surface area contributed by atoms with Crippen molar-refractivity contribution in [3.05, 3.63) is 29.6 Å². The van der Waals surface area contributed by atoms with E-state index in [2.05, 4.69) is 9.80 Å². The minimum absolute atomic E-state index is 0.240. The van der Waals surface area contributed by atoms with Crippen molar-refractivity contribution in [2.45, 2.75) is 25.5 Å². The van der Waals surface area contributed by atoms with Crippen LogP contribution in [0.1, 0.15) is 25.0 Å². The van der Waals surface area contributed by atoms with Gasteiger partial charge in [-0.25, -0.2) is 4.39 Å². The fourth-order valence-corrected chi connectivity index (χ4v) is 3.39. The molecule has 21 heavy (non-hydrogen) atoms. The van der Waals surface area contributed by atoms with E-state index >= 15 is 0 Å². The Kier molecular flexibility index (Phi) is 4.42. The molecule has 1 aromatic carbocycles. The molecular weight excluding hydrogens is 271 g/mol. The fourth-order valence-electron chi connectivity index (χ4n) is 3.39. The Morgan fingerprint density at radius 3 is 2.76 bits per heavy atom. The zero-order chi connectivity index (χ0) is 14.8. The van der Waals surface area contributed by atoms with Crippen molar-refractivity contribution in [2.75, 3.05) is 44.3 Å². The predicted molar refractivity (Wildman–Crippen MR) is 80.0 cm³/mol. The van der Waals surface area contributed by atoms with Crippen molar-refractivity contribution >= 4 is 5.69 Å². The van der Waals surface area contributed by atoms with E-state index in [1.54, 1.807) is 13.0 Å². The topological polar surface area (TPSA) is 35.9 Å². The molecule has 2 fully saturated rings. The minimum Gasteiger partial charge on any atom is -0.389 e. The highest BCUT2D eigenvalue weighted by Gasteiger charge is 2.31. The highest BCUT2D eigenvalue weighted by Crippen LogP contribution is 2.32. The fraction of sp³-hybridized carbons (Fsp3) is 0.625. The average Bonchev–Trinajstić information content (AvgIpc) is 2.97. The number of hydrogen-bond acceptors (Lipinski definition) is 4. The summed E-state index contributed by atoms with van der Waals surface area (Å²) in [7, 11) is 0. The minimum atomic E-state index is -0.655. The van der Waals surface area contributed by atoms with Crippen molar-refractivity contribution in [3.8, 4) is 0 Å². The first-order valence-electron chi connectivity index (χ1n) is 7.70. The van der Waals surface area contributed by atoms with Crippen LogP contribution in [0.4, 0.5) is 10.1 Å². The molecule has 2 saturated heterocycles. The van der Waals surface area contributed by atoms with Crippen molar-refractivity contribution < 1.29 is 14.2 Å². The van der Waals surface area contributed by atoms with E-state index in [1.165, 1.54) is 6.07 Å². The van der Waals surface area contributed by atoms with Gasteiger partial charge in [0, 0.05) is 37.8 Å². The molecule has 0 amide bonds. The van der Waals surface area contributed by atoms with Crippen molar-refractivity contribution in [2.24, 2.45) is 0 Å². The maximum Gasteiger partial charge on any atom is 0.146 e. The quantitative estimate of drug-likeness (QED) is 0.922. The van der Waals surface area contributed by atoms with Gasteiger partial charge < -0.3 is 14.7 Å². The summed E-state index contributed by atoms with van der Waals surface area (Å²) in [6.07, 6.45) is 0.381. The lowest BCUT2D eigenvalue weighted by Crippen LogP contribution is -2.44. The van der Waals surface area contributed by atoms with E-state index in [-0.39, 0.29) is 5.82 Å². The average molecular weight is 294 g/mol. The van der Waals surface area contributed by atoms with Gasteiger partial charge in [0.15, 0.2) is 0 Å². The summed E-state index contributed by atoms with van der Waals surface area (Å²) in [5, 5.41) is 9.88. The first kappa shape index (κ1) is 14.8. The summed E-state index contributed by atoms with van der Waals surface area (Å²) >= 11 is 0. The Balaban J connectivity index is 1.77. The zero-order valence-electron chi connectivity index (χ0n) is 12.5. The second kappa shape index (κ2) is 6.30. The van der Waals surface area contributed by atoms with E-state index in [0.717, 1.165) is 45.8 Å². The lowest BCUT2D eigenvalue weighted by atomic mass is 10.1. The van der Waals surface area contributed by atoms with Crippen LogP contribution in [0.3, 0.4) is 0 Å². The highest BCUT2D eigenvalue weighted by molar-refractivity contribution is 5.56. The Bertz CT molecular complexity index is 489. The van der Waals surface area contributed by atoms with E-state index in [4.69, 9.17) is 4.74 Å². The highest BCUT2D eigenvalue weighted by atomic mass is 19.1. The SMILES string of the molecule is C[C@@H](O)c1cccc(F)c1N1CCC(N2CCOCC2)C1. The number of halogens is 1. The van der Waals surface area contributed by atoms with Gasteiger partial charge in [-0.05, 0) is 19.4 Å². The van der Waals surface area contributed by atoms with Gasteiger partial charge in [0.25, 0.3) is 0 Å². The van der Waals surface area contributed by atoms with Crippen LogP contribution in [0.2, 0.25) is 0 Å². The molecule has 4 nitrogen and oxygen atoms in total. The molecule has 0 aromatic heterocycles. The molecule has 0 spiro atoms. The van der Waals surface area contributed by atoms with E-state index in [1.807, 2.05) is 6.07 Å². The van der Waals surface area contributed by atoms with Crippen LogP contribution in [0.15, 0.2) is 18.2 Å². The number of morpholine rings is 1. The van der Waals surface area contributed by atoms with Crippen LogP contribution < -0.4 is 4.90 Å². The largest absolute Gasteiger partial charge is 0.389 e. The van der Waals surface area contributed by atoms with Crippen LogP contribution in [-0.4, -0.2) is 55.4 Å². The van der Waals surface area contributed by atoms with Gasteiger partial charge in [0.05, 0.1) is 25.0 Å². The zero-order valence-corrected chi connectivity index (χ0v) is 12.5. The number of aliphatic hydroxyl groups excluding tert-OH is 1. The summed E-state index contributed by atoms with van der Waals surface area (Å²) in [4.78, 5) is 4.52. The molecule has 2 heterocycles. The van der Waals surface area contributed by atoms with Gasteiger partial charge in [-0.3, -0.25) is 4.90 Å². The molecule has 5 heteroatoms. The number of ether oxygens (including phenoxy) is 1. The number of aliphatic hydroxyl groups is 1. The van der Waals surface area contributed by atoms with Crippen LogP contribution in [0.5, 0.6) is 0 Å². The van der Waals surface area contributed by atoms with Gasteiger partial charge in [0.1, 0.15) is 5.82 Å². The molecule has 1 aromatic rings. The van der Waals surface area contributed by atoms with Gasteiger partial charge in [-0.2, -0.15) is 0 Å². The molecular formula is C16H23FN2O2.